The van der Waals surface area contributed by atoms with E-state index in [2.05, 4.69) is 21.2 Å². The standard InChI is InChI=1S/C11H17N5S.C2H4O2/c12-11(13)15-14-8-9-4-5-10(17-9)16-6-2-1-3-7-16;1-2(3)4/h4-5,8H,1-3,6-7H2,(H4,12,13,15);1H3,(H,3,4). The number of hydrogen-bond acceptors (Lipinski definition) is 5. The molecule has 0 atom stereocenters. The fraction of sp³-hybridized carbons (Fsp3) is 0.462. The highest BCUT2D eigenvalue weighted by molar-refractivity contribution is 7.17. The molecule has 2 heterocycles. The number of rotatable bonds is 3. The second-order valence-electron chi connectivity index (χ2n) is 4.51. The molecular formula is C13H21N5O2S. The van der Waals surface area contributed by atoms with Gasteiger partial charge in [-0.2, -0.15) is 5.10 Å². The number of thiophene rings is 1. The number of carboxylic acids is 1. The molecule has 1 aromatic heterocycles. The van der Waals surface area contributed by atoms with Crippen molar-refractivity contribution in [3.05, 3.63) is 17.0 Å². The van der Waals surface area contributed by atoms with Crippen LogP contribution in [-0.4, -0.2) is 36.3 Å². The molecule has 0 saturated carbocycles. The van der Waals surface area contributed by atoms with Crippen LogP contribution < -0.4 is 16.4 Å². The Balaban J connectivity index is 0.000000491. The van der Waals surface area contributed by atoms with E-state index >= 15 is 0 Å². The number of carbonyl (C=O) groups is 1. The summed E-state index contributed by atoms with van der Waals surface area (Å²) in [5, 5.41) is 16.1. The zero-order valence-electron chi connectivity index (χ0n) is 12.0. The molecular weight excluding hydrogens is 290 g/mol. The normalized spacial score (nSPS) is 14.4. The Bertz CT molecular complexity index is 498. The Hall–Kier alpha value is -2.09. The first-order chi connectivity index (χ1) is 9.99. The molecule has 0 amide bonds. The Labute approximate surface area is 128 Å². The summed E-state index contributed by atoms with van der Waals surface area (Å²) in [4.78, 5) is 12.5. The zero-order chi connectivity index (χ0) is 15.7. The molecule has 2 rings (SSSR count). The van der Waals surface area contributed by atoms with Crippen LogP contribution in [0.4, 0.5) is 5.00 Å². The van der Waals surface area contributed by atoms with Crippen molar-refractivity contribution < 1.29 is 9.90 Å². The van der Waals surface area contributed by atoms with Gasteiger partial charge in [-0.25, -0.2) is 0 Å². The maximum atomic E-state index is 9.00. The molecule has 1 aliphatic heterocycles. The van der Waals surface area contributed by atoms with Crippen molar-refractivity contribution in [3.8, 4) is 0 Å². The summed E-state index contributed by atoms with van der Waals surface area (Å²) >= 11 is 1.72. The summed E-state index contributed by atoms with van der Waals surface area (Å²) in [6.07, 6.45) is 5.60. The molecule has 0 bridgehead atoms. The molecule has 0 radical (unpaired) electrons. The second-order valence-corrected chi connectivity index (χ2v) is 5.61. The summed E-state index contributed by atoms with van der Waals surface area (Å²) in [5.41, 5.74) is 10.4. The van der Waals surface area contributed by atoms with Gasteiger partial charge in [0, 0.05) is 24.9 Å². The maximum absolute atomic E-state index is 9.00. The van der Waals surface area contributed by atoms with Crippen LogP contribution in [0.2, 0.25) is 0 Å². The lowest BCUT2D eigenvalue weighted by Crippen LogP contribution is -2.28. The molecule has 0 unspecified atom stereocenters. The lowest BCUT2D eigenvalue weighted by Gasteiger charge is -2.27. The van der Waals surface area contributed by atoms with Gasteiger partial charge in [-0.1, -0.05) is 0 Å². The smallest absolute Gasteiger partial charge is 0.300 e. The molecule has 0 aliphatic carbocycles. The third-order valence-electron chi connectivity index (χ3n) is 2.64. The molecule has 116 valence electrons. The highest BCUT2D eigenvalue weighted by Crippen LogP contribution is 2.27. The Morgan fingerprint density at radius 2 is 1.95 bits per heavy atom. The van der Waals surface area contributed by atoms with Gasteiger partial charge >= 0.3 is 0 Å². The summed E-state index contributed by atoms with van der Waals surface area (Å²) in [6, 6.07) is 4.17. The minimum Gasteiger partial charge on any atom is -0.481 e. The fourth-order valence-corrected chi connectivity index (χ4v) is 2.77. The minimum absolute atomic E-state index is 0.0194. The van der Waals surface area contributed by atoms with Gasteiger partial charge in [0.15, 0.2) is 0 Å². The van der Waals surface area contributed by atoms with Gasteiger partial charge in [-0.05, 0) is 31.4 Å². The van der Waals surface area contributed by atoms with Crippen LogP contribution in [0.3, 0.4) is 0 Å². The molecule has 1 aliphatic rings. The summed E-state index contributed by atoms with van der Waals surface area (Å²) in [5.74, 6) is -0.853. The van der Waals surface area contributed by atoms with Crippen molar-refractivity contribution in [2.24, 2.45) is 21.7 Å². The van der Waals surface area contributed by atoms with Crippen molar-refractivity contribution in [2.45, 2.75) is 26.2 Å². The third-order valence-corrected chi connectivity index (χ3v) is 3.72. The topological polar surface area (TPSA) is 117 Å². The number of nitrogens with two attached hydrogens (primary N) is 2. The van der Waals surface area contributed by atoms with Crippen molar-refractivity contribution in [1.82, 2.24) is 0 Å². The molecule has 5 N–H and O–H groups in total. The van der Waals surface area contributed by atoms with E-state index in [4.69, 9.17) is 21.4 Å². The highest BCUT2D eigenvalue weighted by Gasteiger charge is 2.12. The van der Waals surface area contributed by atoms with Crippen molar-refractivity contribution >= 4 is 34.5 Å². The van der Waals surface area contributed by atoms with Crippen LogP contribution >= 0.6 is 11.3 Å². The van der Waals surface area contributed by atoms with E-state index in [1.54, 1.807) is 17.6 Å². The second kappa shape index (κ2) is 8.96. The van der Waals surface area contributed by atoms with Gasteiger partial charge in [-0.3, -0.25) is 4.79 Å². The van der Waals surface area contributed by atoms with Gasteiger partial charge in [0.05, 0.1) is 11.2 Å². The van der Waals surface area contributed by atoms with E-state index in [0.29, 0.717) is 0 Å². The molecule has 0 aromatic carbocycles. The summed E-state index contributed by atoms with van der Waals surface area (Å²) < 4.78 is 0. The van der Waals surface area contributed by atoms with Crippen LogP contribution in [0, 0.1) is 0 Å². The quantitative estimate of drug-likeness (QED) is 0.443. The van der Waals surface area contributed by atoms with Gasteiger partial charge in [-0.15, -0.1) is 16.4 Å². The predicted octanol–water partition coefficient (Wildman–Crippen LogP) is 1.44. The lowest BCUT2D eigenvalue weighted by atomic mass is 10.1. The average Bonchev–Trinajstić information content (AvgIpc) is 2.87. The number of carboxylic acid groups (broad SMARTS) is 1. The van der Waals surface area contributed by atoms with Crippen molar-refractivity contribution in [2.75, 3.05) is 18.0 Å². The Kier molecular flexibility index (Phi) is 7.24. The first kappa shape index (κ1) is 17.0. The number of aliphatic carboxylic acids is 1. The maximum Gasteiger partial charge on any atom is 0.300 e. The molecule has 1 aromatic rings. The van der Waals surface area contributed by atoms with Gasteiger partial charge in [0.1, 0.15) is 0 Å². The van der Waals surface area contributed by atoms with E-state index in [1.165, 1.54) is 24.3 Å². The fourth-order valence-electron chi connectivity index (χ4n) is 1.85. The number of nitrogens with zero attached hydrogens (tertiary/aromatic N) is 3. The molecule has 8 heteroatoms. The SMILES string of the molecule is CC(=O)O.NC(N)=NN=Cc1ccc(N2CCCCC2)s1. The first-order valence-electron chi connectivity index (χ1n) is 6.65. The number of hydrogen-bond donors (Lipinski definition) is 3. The van der Waals surface area contributed by atoms with Crippen LogP contribution in [0.1, 0.15) is 31.1 Å². The highest BCUT2D eigenvalue weighted by atomic mass is 32.1. The average molecular weight is 311 g/mol. The molecule has 1 saturated heterocycles. The van der Waals surface area contributed by atoms with Crippen LogP contribution in [-0.2, 0) is 4.79 Å². The van der Waals surface area contributed by atoms with Gasteiger partial charge < -0.3 is 21.5 Å². The largest absolute Gasteiger partial charge is 0.481 e. The molecule has 0 spiro atoms. The van der Waals surface area contributed by atoms with E-state index in [1.807, 2.05) is 6.07 Å². The third kappa shape index (κ3) is 7.31. The number of guanidine groups is 1. The Morgan fingerprint density at radius 3 is 2.52 bits per heavy atom. The molecule has 1 fully saturated rings. The first-order valence-corrected chi connectivity index (χ1v) is 7.47. The van der Waals surface area contributed by atoms with E-state index in [0.717, 1.165) is 24.9 Å². The summed E-state index contributed by atoms with van der Waals surface area (Å²) in [6.45, 7) is 3.40. The minimum atomic E-state index is -0.833. The van der Waals surface area contributed by atoms with Crippen molar-refractivity contribution in [3.63, 3.8) is 0 Å². The van der Waals surface area contributed by atoms with Crippen LogP contribution in [0.25, 0.3) is 0 Å². The molecule has 21 heavy (non-hydrogen) atoms. The van der Waals surface area contributed by atoms with Crippen molar-refractivity contribution in [1.29, 1.82) is 0 Å². The summed E-state index contributed by atoms with van der Waals surface area (Å²) in [7, 11) is 0. The van der Waals surface area contributed by atoms with Gasteiger partial charge in [0.2, 0.25) is 5.96 Å². The van der Waals surface area contributed by atoms with E-state index < -0.39 is 5.97 Å². The van der Waals surface area contributed by atoms with Crippen LogP contribution in [0.15, 0.2) is 22.3 Å². The zero-order valence-corrected chi connectivity index (χ0v) is 12.8. The lowest BCUT2D eigenvalue weighted by molar-refractivity contribution is -0.134. The van der Waals surface area contributed by atoms with E-state index in [-0.39, 0.29) is 5.96 Å². The molecule has 7 nitrogen and oxygen atoms in total. The van der Waals surface area contributed by atoms with Crippen LogP contribution in [0.5, 0.6) is 0 Å². The Morgan fingerprint density at radius 1 is 1.33 bits per heavy atom. The monoisotopic (exact) mass is 311 g/mol. The van der Waals surface area contributed by atoms with E-state index in [9.17, 15) is 0 Å². The number of piperidine rings is 1. The predicted molar refractivity (Wildman–Crippen MR) is 87.1 cm³/mol. The van der Waals surface area contributed by atoms with Gasteiger partial charge in [0.25, 0.3) is 5.97 Å². The number of anilines is 1.